The monoisotopic (exact) mass is 250 g/mol. The normalized spacial score (nSPS) is 17.2. The Hall–Kier alpha value is -0.730. The minimum atomic E-state index is -0.907. The van der Waals surface area contributed by atoms with E-state index >= 15 is 0 Å². The Bertz CT molecular complexity index is 372. The van der Waals surface area contributed by atoms with Crippen molar-refractivity contribution in [3.8, 4) is 0 Å². The predicted octanol–water partition coefficient (Wildman–Crippen LogP) is 3.84. The van der Waals surface area contributed by atoms with E-state index in [9.17, 15) is 5.11 Å². The summed E-state index contributed by atoms with van der Waals surface area (Å²) in [6.07, 6.45) is 3.87. The number of aliphatic hydroxyl groups is 1. The Morgan fingerprint density at radius 2 is 1.82 bits per heavy atom. The highest BCUT2D eigenvalue weighted by atomic mass is 32.2. The third-order valence-corrected chi connectivity index (χ3v) is 4.70. The van der Waals surface area contributed by atoms with E-state index in [-0.39, 0.29) is 10.7 Å². The highest BCUT2D eigenvalue weighted by Crippen LogP contribution is 2.46. The average molecular weight is 250 g/mol. The van der Waals surface area contributed by atoms with E-state index in [1.54, 1.807) is 11.8 Å². The maximum absolute atomic E-state index is 11.2. The molecule has 0 saturated carbocycles. The largest absolute Gasteiger partial charge is 0.383 e. The molecule has 1 aromatic rings. The van der Waals surface area contributed by atoms with Gasteiger partial charge in [-0.25, -0.2) is 0 Å². The highest BCUT2D eigenvalue weighted by molar-refractivity contribution is 7.99. The zero-order chi connectivity index (χ0) is 13.1. The van der Waals surface area contributed by atoms with Gasteiger partial charge in [-0.15, -0.1) is 6.58 Å². The molecule has 0 aliphatic rings. The van der Waals surface area contributed by atoms with Crippen molar-refractivity contribution in [3.05, 3.63) is 48.6 Å². The van der Waals surface area contributed by atoms with Crippen LogP contribution in [-0.2, 0) is 5.60 Å². The van der Waals surface area contributed by atoms with E-state index in [0.29, 0.717) is 0 Å². The summed E-state index contributed by atoms with van der Waals surface area (Å²) in [4.78, 5) is 0. The third-order valence-electron chi connectivity index (χ3n) is 3.65. The van der Waals surface area contributed by atoms with Crippen LogP contribution in [0.25, 0.3) is 0 Å². The van der Waals surface area contributed by atoms with E-state index in [0.717, 1.165) is 5.56 Å². The van der Waals surface area contributed by atoms with Gasteiger partial charge in [0.25, 0.3) is 0 Å². The first-order valence-corrected chi connectivity index (χ1v) is 7.13. The fourth-order valence-corrected chi connectivity index (χ4v) is 2.93. The molecule has 0 bridgehead atoms. The standard InChI is InChI=1S/C15H22OS/c1-6-14(3,4)15(16,12(2)17-5)13-10-8-7-9-11-13/h6-12,16H,1H2,2-5H3. The lowest BCUT2D eigenvalue weighted by molar-refractivity contribution is -0.0464. The summed E-state index contributed by atoms with van der Waals surface area (Å²) >= 11 is 1.67. The molecule has 94 valence electrons. The summed E-state index contributed by atoms with van der Waals surface area (Å²) in [5.74, 6) is 0. The lowest BCUT2D eigenvalue weighted by Gasteiger charge is -2.45. The number of rotatable bonds is 5. The van der Waals surface area contributed by atoms with E-state index in [1.807, 2.05) is 56.5 Å². The van der Waals surface area contributed by atoms with Crippen molar-refractivity contribution >= 4 is 11.8 Å². The first-order chi connectivity index (χ1) is 7.90. The Morgan fingerprint density at radius 3 is 2.24 bits per heavy atom. The second-order valence-corrected chi connectivity index (χ2v) is 6.11. The van der Waals surface area contributed by atoms with Gasteiger partial charge in [0.2, 0.25) is 0 Å². The van der Waals surface area contributed by atoms with E-state index in [4.69, 9.17) is 0 Å². The second-order valence-electron chi connectivity index (χ2n) is 4.94. The van der Waals surface area contributed by atoms with Gasteiger partial charge in [-0.3, -0.25) is 0 Å². The van der Waals surface area contributed by atoms with Gasteiger partial charge in [-0.05, 0) is 11.8 Å². The zero-order valence-corrected chi connectivity index (χ0v) is 11.9. The fraction of sp³-hybridized carbons (Fsp3) is 0.467. The van der Waals surface area contributed by atoms with Gasteiger partial charge in [0.1, 0.15) is 5.60 Å². The van der Waals surface area contributed by atoms with Gasteiger partial charge in [0.15, 0.2) is 0 Å². The van der Waals surface area contributed by atoms with Crippen LogP contribution in [0.5, 0.6) is 0 Å². The molecule has 1 aromatic carbocycles. The molecule has 0 spiro atoms. The molecule has 0 amide bonds. The maximum atomic E-state index is 11.2. The van der Waals surface area contributed by atoms with Crippen molar-refractivity contribution in [3.63, 3.8) is 0 Å². The van der Waals surface area contributed by atoms with E-state index in [1.165, 1.54) is 0 Å². The molecule has 0 aromatic heterocycles. The van der Waals surface area contributed by atoms with Crippen LogP contribution >= 0.6 is 11.8 Å². The molecule has 1 nitrogen and oxygen atoms in total. The van der Waals surface area contributed by atoms with Crippen molar-refractivity contribution in [2.45, 2.75) is 31.6 Å². The van der Waals surface area contributed by atoms with Crippen LogP contribution in [0.4, 0.5) is 0 Å². The molecule has 1 N–H and O–H groups in total. The summed E-state index contributed by atoms with van der Waals surface area (Å²) in [5.41, 5.74) is -0.335. The lowest BCUT2D eigenvalue weighted by atomic mass is 9.69. The quantitative estimate of drug-likeness (QED) is 0.801. The van der Waals surface area contributed by atoms with Crippen LogP contribution in [0.3, 0.4) is 0 Å². The molecule has 0 aliphatic carbocycles. The second kappa shape index (κ2) is 5.28. The van der Waals surface area contributed by atoms with Gasteiger partial charge >= 0.3 is 0 Å². The van der Waals surface area contributed by atoms with E-state index < -0.39 is 5.60 Å². The minimum Gasteiger partial charge on any atom is -0.383 e. The SMILES string of the molecule is C=CC(C)(C)C(O)(c1ccccc1)C(C)SC. The molecule has 17 heavy (non-hydrogen) atoms. The number of hydrogen-bond donors (Lipinski definition) is 1. The third kappa shape index (κ3) is 2.43. The van der Waals surface area contributed by atoms with Crippen LogP contribution in [0.2, 0.25) is 0 Å². The molecule has 0 saturated heterocycles. The summed E-state index contributed by atoms with van der Waals surface area (Å²) in [7, 11) is 0. The Kier molecular flexibility index (Phi) is 4.45. The molecule has 1 rings (SSSR count). The molecule has 0 fully saturated rings. The summed E-state index contributed by atoms with van der Waals surface area (Å²) in [6.45, 7) is 9.98. The first kappa shape index (κ1) is 14.3. The lowest BCUT2D eigenvalue weighted by Crippen LogP contribution is -2.47. The van der Waals surface area contributed by atoms with Gasteiger partial charge in [-0.2, -0.15) is 11.8 Å². The molecule has 2 unspecified atom stereocenters. The van der Waals surface area contributed by atoms with Crippen LogP contribution < -0.4 is 0 Å². The van der Waals surface area contributed by atoms with Crippen molar-refractivity contribution in [1.82, 2.24) is 0 Å². The average Bonchev–Trinajstić information content (AvgIpc) is 2.37. The van der Waals surface area contributed by atoms with Crippen molar-refractivity contribution in [2.75, 3.05) is 6.26 Å². The Balaban J connectivity index is 3.35. The van der Waals surface area contributed by atoms with Gasteiger partial charge < -0.3 is 5.11 Å². The van der Waals surface area contributed by atoms with Crippen LogP contribution in [0, 0.1) is 5.41 Å². The molecular weight excluding hydrogens is 228 g/mol. The van der Waals surface area contributed by atoms with Crippen molar-refractivity contribution in [1.29, 1.82) is 0 Å². The Morgan fingerprint density at radius 1 is 1.29 bits per heavy atom. The molecule has 2 heteroatoms. The highest BCUT2D eigenvalue weighted by Gasteiger charge is 2.46. The molecule has 0 heterocycles. The molecule has 2 atom stereocenters. The van der Waals surface area contributed by atoms with Crippen LogP contribution in [0.1, 0.15) is 26.3 Å². The summed E-state index contributed by atoms with van der Waals surface area (Å²) in [5, 5.41) is 11.3. The summed E-state index contributed by atoms with van der Waals surface area (Å²) < 4.78 is 0. The number of thioether (sulfide) groups is 1. The molecule has 0 radical (unpaired) electrons. The van der Waals surface area contributed by atoms with Crippen LogP contribution in [0.15, 0.2) is 43.0 Å². The van der Waals surface area contributed by atoms with Crippen LogP contribution in [-0.4, -0.2) is 16.6 Å². The maximum Gasteiger partial charge on any atom is 0.110 e. The summed E-state index contributed by atoms with van der Waals surface area (Å²) in [6, 6.07) is 9.86. The first-order valence-electron chi connectivity index (χ1n) is 5.84. The smallest absolute Gasteiger partial charge is 0.110 e. The van der Waals surface area contributed by atoms with Crippen molar-refractivity contribution in [2.24, 2.45) is 5.41 Å². The van der Waals surface area contributed by atoms with Crippen molar-refractivity contribution < 1.29 is 5.11 Å². The Labute approximate surface area is 109 Å². The number of hydrogen-bond acceptors (Lipinski definition) is 2. The van der Waals surface area contributed by atoms with Gasteiger partial charge in [0, 0.05) is 10.7 Å². The minimum absolute atomic E-state index is 0.0953. The molecule has 0 aliphatic heterocycles. The van der Waals surface area contributed by atoms with Gasteiger partial charge in [0.05, 0.1) is 0 Å². The van der Waals surface area contributed by atoms with E-state index in [2.05, 4.69) is 13.5 Å². The number of benzene rings is 1. The zero-order valence-electron chi connectivity index (χ0n) is 11.1. The molecular formula is C15H22OS. The van der Waals surface area contributed by atoms with Gasteiger partial charge in [-0.1, -0.05) is 57.2 Å². The topological polar surface area (TPSA) is 20.2 Å². The predicted molar refractivity (Wildman–Crippen MR) is 77.3 cm³/mol. The fourth-order valence-electron chi connectivity index (χ4n) is 2.15.